The van der Waals surface area contributed by atoms with Crippen LogP contribution >= 0.6 is 0 Å². The van der Waals surface area contributed by atoms with Crippen LogP contribution in [-0.2, 0) is 4.74 Å². The Morgan fingerprint density at radius 1 is 1.42 bits per heavy atom. The second-order valence-corrected chi connectivity index (χ2v) is 7.52. The summed E-state index contributed by atoms with van der Waals surface area (Å²) in [5.41, 5.74) is 7.94. The van der Waals surface area contributed by atoms with E-state index in [-0.39, 0.29) is 18.1 Å². The molecule has 1 aromatic heterocycles. The third-order valence-corrected chi connectivity index (χ3v) is 4.67. The lowest BCUT2D eigenvalue weighted by Crippen LogP contribution is -2.43. The molecule has 24 heavy (non-hydrogen) atoms. The summed E-state index contributed by atoms with van der Waals surface area (Å²) in [5, 5.41) is 1.18. The molecule has 0 radical (unpaired) electrons. The number of aromatic amines is 1. The van der Waals surface area contributed by atoms with Crippen LogP contribution in [0.15, 0.2) is 30.5 Å². The van der Waals surface area contributed by atoms with Crippen LogP contribution < -0.4 is 5.73 Å². The fourth-order valence-corrected chi connectivity index (χ4v) is 3.65. The summed E-state index contributed by atoms with van der Waals surface area (Å²) in [6.45, 7) is 6.94. The third kappa shape index (κ3) is 3.26. The van der Waals surface area contributed by atoms with Crippen LogP contribution in [0.4, 0.5) is 4.79 Å². The Morgan fingerprint density at radius 2 is 2.17 bits per heavy atom. The molecular weight excluding hydrogens is 302 g/mol. The highest BCUT2D eigenvalue weighted by Gasteiger charge is 2.37. The minimum atomic E-state index is -0.483. The van der Waals surface area contributed by atoms with Crippen LogP contribution in [0, 0.1) is 0 Å². The minimum Gasteiger partial charge on any atom is -0.444 e. The number of aromatic nitrogens is 1. The van der Waals surface area contributed by atoms with Gasteiger partial charge in [-0.2, -0.15) is 0 Å². The normalized spacial score (nSPS) is 19.7. The number of para-hydroxylation sites is 1. The zero-order valence-corrected chi connectivity index (χ0v) is 14.7. The number of hydrogen-bond acceptors (Lipinski definition) is 3. The number of ether oxygens (including phenoxy) is 1. The largest absolute Gasteiger partial charge is 0.444 e. The Morgan fingerprint density at radius 3 is 2.88 bits per heavy atom. The molecule has 0 saturated carbocycles. The highest BCUT2D eigenvalue weighted by Crippen LogP contribution is 2.35. The van der Waals surface area contributed by atoms with Crippen molar-refractivity contribution in [2.75, 3.05) is 13.1 Å². The van der Waals surface area contributed by atoms with Gasteiger partial charge in [-0.25, -0.2) is 4.79 Å². The van der Waals surface area contributed by atoms with Crippen LogP contribution in [0.1, 0.15) is 45.1 Å². The molecule has 1 aliphatic heterocycles. The summed E-state index contributed by atoms with van der Waals surface area (Å²) < 4.78 is 5.59. The molecule has 1 fully saturated rings. The molecule has 3 N–H and O–H groups in total. The number of H-pyrrole nitrogens is 1. The zero-order valence-electron chi connectivity index (χ0n) is 14.7. The molecular formula is C19H27N3O2. The lowest BCUT2D eigenvalue weighted by Gasteiger charge is -2.32. The van der Waals surface area contributed by atoms with Crippen LogP contribution in [0.5, 0.6) is 0 Å². The second-order valence-electron chi connectivity index (χ2n) is 7.52. The van der Waals surface area contributed by atoms with Crippen LogP contribution in [0.25, 0.3) is 10.9 Å². The van der Waals surface area contributed by atoms with Crippen molar-refractivity contribution in [2.24, 2.45) is 5.73 Å². The summed E-state index contributed by atoms with van der Waals surface area (Å²) in [4.78, 5) is 17.8. The maximum Gasteiger partial charge on any atom is 0.410 e. The number of carbonyl (C=O) groups excluding carboxylic acids is 1. The topological polar surface area (TPSA) is 71.3 Å². The lowest BCUT2D eigenvalue weighted by molar-refractivity contribution is 0.0207. The highest BCUT2D eigenvalue weighted by molar-refractivity contribution is 5.84. The van der Waals surface area contributed by atoms with Crippen molar-refractivity contribution in [1.29, 1.82) is 0 Å². The molecule has 1 amide bonds. The molecule has 5 heteroatoms. The van der Waals surface area contributed by atoms with E-state index in [0.717, 1.165) is 24.9 Å². The number of fused-ring (bicyclic) bond motifs is 1. The lowest BCUT2D eigenvalue weighted by atomic mass is 9.89. The van der Waals surface area contributed by atoms with Crippen molar-refractivity contribution in [1.82, 2.24) is 9.88 Å². The Labute approximate surface area is 143 Å². The van der Waals surface area contributed by atoms with Gasteiger partial charge in [0.2, 0.25) is 0 Å². The summed E-state index contributed by atoms with van der Waals surface area (Å²) >= 11 is 0. The molecule has 1 saturated heterocycles. The Balaban J connectivity index is 1.88. The number of nitrogens with zero attached hydrogens (tertiary/aromatic N) is 1. The molecule has 1 aromatic carbocycles. The molecule has 0 aliphatic carbocycles. The molecule has 3 rings (SSSR count). The maximum atomic E-state index is 12.6. The molecule has 5 nitrogen and oxygen atoms in total. The summed E-state index contributed by atoms with van der Waals surface area (Å²) in [6.07, 6.45) is 3.75. The molecule has 1 unspecified atom stereocenters. The average Bonchev–Trinajstić information content (AvgIpc) is 3.14. The number of likely N-dealkylation sites (tertiary alicyclic amines) is 1. The van der Waals surface area contributed by atoms with Gasteiger partial charge in [0.15, 0.2) is 0 Å². The average molecular weight is 329 g/mol. The van der Waals surface area contributed by atoms with E-state index in [4.69, 9.17) is 10.5 Å². The van der Waals surface area contributed by atoms with E-state index in [1.165, 1.54) is 10.9 Å². The first-order valence-electron chi connectivity index (χ1n) is 8.66. The first kappa shape index (κ1) is 16.8. The molecule has 0 spiro atoms. The minimum absolute atomic E-state index is 0.0871. The van der Waals surface area contributed by atoms with Gasteiger partial charge in [-0.3, -0.25) is 0 Å². The van der Waals surface area contributed by atoms with Gasteiger partial charge >= 0.3 is 6.09 Å². The monoisotopic (exact) mass is 329 g/mol. The van der Waals surface area contributed by atoms with Crippen LogP contribution in [0.2, 0.25) is 0 Å². The molecule has 0 bridgehead atoms. The van der Waals surface area contributed by atoms with E-state index in [2.05, 4.69) is 17.1 Å². The number of hydrogen-bond donors (Lipinski definition) is 2. The maximum absolute atomic E-state index is 12.6. The van der Waals surface area contributed by atoms with Crippen molar-refractivity contribution in [3.8, 4) is 0 Å². The molecule has 1 aliphatic rings. The third-order valence-electron chi connectivity index (χ3n) is 4.67. The molecule has 2 aromatic rings. The molecule has 2 heterocycles. The van der Waals surface area contributed by atoms with E-state index in [1.807, 2.05) is 44.0 Å². The van der Waals surface area contributed by atoms with Gasteiger partial charge in [0.05, 0.1) is 0 Å². The Kier molecular flexibility index (Phi) is 4.54. The Hall–Kier alpha value is -2.01. The zero-order chi connectivity index (χ0) is 17.3. The van der Waals surface area contributed by atoms with E-state index >= 15 is 0 Å². The van der Waals surface area contributed by atoms with Gasteiger partial charge in [0.25, 0.3) is 0 Å². The van der Waals surface area contributed by atoms with Crippen molar-refractivity contribution >= 4 is 17.0 Å². The number of rotatable bonds is 3. The van der Waals surface area contributed by atoms with Crippen LogP contribution in [-0.4, -0.2) is 40.7 Å². The molecule has 130 valence electrons. The second kappa shape index (κ2) is 6.48. The van der Waals surface area contributed by atoms with Crippen molar-refractivity contribution in [2.45, 2.75) is 51.2 Å². The van der Waals surface area contributed by atoms with Crippen molar-refractivity contribution in [3.63, 3.8) is 0 Å². The Bertz CT molecular complexity index is 717. The summed E-state index contributed by atoms with van der Waals surface area (Å²) in [5.74, 6) is 0.108. The number of nitrogens with one attached hydrogen (secondary N) is 1. The number of benzene rings is 1. The number of carbonyl (C=O) groups is 1. The van der Waals surface area contributed by atoms with Crippen molar-refractivity contribution < 1.29 is 9.53 Å². The quantitative estimate of drug-likeness (QED) is 0.903. The summed E-state index contributed by atoms with van der Waals surface area (Å²) in [7, 11) is 0. The first-order chi connectivity index (χ1) is 11.4. The summed E-state index contributed by atoms with van der Waals surface area (Å²) in [6, 6.07) is 8.31. The standard InChI is InChI=1S/C19H27N3O2/c1-19(2,3)24-18(23)22-10-6-9-17(22)14(11-20)15-12-21-16-8-5-4-7-13(15)16/h4-5,7-8,12,14,17,21H,6,9-11,20H2,1-3H3/t14?,17-/m0/s1. The predicted octanol–water partition coefficient (Wildman–Crippen LogP) is 3.61. The number of nitrogens with two attached hydrogens (primary N) is 1. The fraction of sp³-hybridized carbons (Fsp3) is 0.526. The first-order valence-corrected chi connectivity index (χ1v) is 8.66. The van der Waals surface area contributed by atoms with Gasteiger partial charge in [0.1, 0.15) is 5.60 Å². The van der Waals surface area contributed by atoms with Gasteiger partial charge in [-0.05, 0) is 45.2 Å². The van der Waals surface area contributed by atoms with E-state index in [1.54, 1.807) is 0 Å². The van der Waals surface area contributed by atoms with Gasteiger partial charge < -0.3 is 20.4 Å². The fourth-order valence-electron chi connectivity index (χ4n) is 3.65. The van der Waals surface area contributed by atoms with Gasteiger partial charge in [-0.15, -0.1) is 0 Å². The van der Waals surface area contributed by atoms with E-state index in [0.29, 0.717) is 6.54 Å². The van der Waals surface area contributed by atoms with Crippen molar-refractivity contribution in [3.05, 3.63) is 36.0 Å². The number of amides is 1. The molecule has 2 atom stereocenters. The smallest absolute Gasteiger partial charge is 0.410 e. The van der Waals surface area contributed by atoms with Crippen LogP contribution in [0.3, 0.4) is 0 Å². The highest BCUT2D eigenvalue weighted by atomic mass is 16.6. The predicted molar refractivity (Wildman–Crippen MR) is 96.1 cm³/mol. The van der Waals surface area contributed by atoms with E-state index < -0.39 is 5.60 Å². The van der Waals surface area contributed by atoms with Gasteiger partial charge in [0, 0.05) is 42.1 Å². The van der Waals surface area contributed by atoms with Gasteiger partial charge in [-0.1, -0.05) is 18.2 Å². The SMILES string of the molecule is CC(C)(C)OC(=O)N1CCC[C@H]1C(CN)c1c[nH]c2ccccc12. The van der Waals surface area contributed by atoms with E-state index in [9.17, 15) is 4.79 Å².